The van der Waals surface area contributed by atoms with Crippen LogP contribution in [0.15, 0.2) is 122 Å². The van der Waals surface area contributed by atoms with Crippen LogP contribution in [-0.2, 0) is 0 Å². The molecule has 0 aliphatic rings. The maximum absolute atomic E-state index is 13.7. The highest BCUT2D eigenvalue weighted by atomic mass is 16.3. The quantitative estimate of drug-likeness (QED) is 0.232. The van der Waals surface area contributed by atoms with Crippen molar-refractivity contribution in [3.63, 3.8) is 0 Å². The first-order valence-corrected chi connectivity index (χ1v) is 12.0. The van der Waals surface area contributed by atoms with Crippen molar-refractivity contribution in [1.82, 2.24) is 4.57 Å². The monoisotopic (exact) mass is 479 g/mol. The van der Waals surface area contributed by atoms with Gasteiger partial charge in [0.05, 0.1) is 38.3 Å². The van der Waals surface area contributed by atoms with Gasteiger partial charge in [-0.25, -0.2) is 0 Å². The fraction of sp³-hybridized carbons (Fsp3) is 0. The zero-order valence-electron chi connectivity index (χ0n) is 19.4. The average Bonchev–Trinajstić information content (AvgIpc) is 3.27. The largest absolute Gasteiger partial charge is 0.456 e. The number of aromatic nitrogens is 1. The minimum absolute atomic E-state index is 0.155. The van der Waals surface area contributed by atoms with E-state index in [4.69, 9.17) is 8.83 Å². The predicted molar refractivity (Wildman–Crippen MR) is 148 cm³/mol. The molecule has 0 atom stereocenters. The van der Waals surface area contributed by atoms with Gasteiger partial charge in [-0.1, -0.05) is 54.6 Å². The van der Waals surface area contributed by atoms with Crippen molar-refractivity contribution in [2.24, 2.45) is 0 Å². The van der Waals surface area contributed by atoms with Crippen molar-refractivity contribution in [2.75, 3.05) is 0 Å². The minimum atomic E-state index is -0.170. The van der Waals surface area contributed by atoms with E-state index in [1.165, 1.54) is 0 Å². The summed E-state index contributed by atoms with van der Waals surface area (Å²) in [6, 6.07) is 32.4. The molecule has 174 valence electrons. The van der Waals surface area contributed by atoms with Crippen molar-refractivity contribution in [2.45, 2.75) is 0 Å². The molecule has 0 saturated carbocycles. The number of para-hydroxylation sites is 4. The first-order valence-electron chi connectivity index (χ1n) is 12.0. The lowest BCUT2D eigenvalue weighted by Gasteiger charge is -2.11. The molecule has 0 unspecified atom stereocenters. The lowest BCUT2D eigenvalue weighted by molar-refractivity contribution is 0.651. The van der Waals surface area contributed by atoms with Crippen LogP contribution in [-0.4, -0.2) is 4.57 Å². The Balaban J connectivity index is 1.53. The molecule has 0 fully saturated rings. The van der Waals surface area contributed by atoms with E-state index in [1.54, 1.807) is 36.4 Å². The topological polar surface area (TPSA) is 65.3 Å². The standard InChI is InChI=1S/C32H17NO4/c34-30-20-10-3-6-15-27(20)36-28-16-23-29(17-22(28)30)37-32-21(31(23)35)11-7-14-26(32)33-24-12-4-1-8-18(24)19-9-2-5-13-25(19)33/h1-17H. The molecule has 0 amide bonds. The van der Waals surface area contributed by atoms with Crippen molar-refractivity contribution in [3.8, 4) is 5.69 Å². The van der Waals surface area contributed by atoms with E-state index in [9.17, 15) is 9.59 Å². The smallest absolute Gasteiger partial charge is 0.200 e. The Labute approximate surface area is 208 Å². The van der Waals surface area contributed by atoms with Gasteiger partial charge in [-0.05, 0) is 48.5 Å². The van der Waals surface area contributed by atoms with E-state index in [2.05, 4.69) is 28.8 Å². The van der Waals surface area contributed by atoms with Crippen LogP contribution in [0.1, 0.15) is 0 Å². The Bertz CT molecular complexity index is 2300. The number of benzene rings is 5. The molecule has 0 N–H and O–H groups in total. The van der Waals surface area contributed by atoms with Crippen molar-refractivity contribution < 1.29 is 8.83 Å². The summed E-state index contributed by atoms with van der Waals surface area (Å²) >= 11 is 0. The van der Waals surface area contributed by atoms with Crippen molar-refractivity contribution in [1.29, 1.82) is 0 Å². The minimum Gasteiger partial charge on any atom is -0.456 e. The van der Waals surface area contributed by atoms with Crippen LogP contribution in [0.5, 0.6) is 0 Å². The zero-order chi connectivity index (χ0) is 24.7. The van der Waals surface area contributed by atoms with Gasteiger partial charge in [0.25, 0.3) is 0 Å². The van der Waals surface area contributed by atoms with Gasteiger partial charge in [0, 0.05) is 10.8 Å². The van der Waals surface area contributed by atoms with Gasteiger partial charge in [-0.2, -0.15) is 0 Å². The van der Waals surface area contributed by atoms with Crippen LogP contribution < -0.4 is 10.9 Å². The molecular weight excluding hydrogens is 462 g/mol. The molecule has 5 nitrogen and oxygen atoms in total. The Morgan fingerprint density at radius 2 is 1.00 bits per heavy atom. The second-order valence-electron chi connectivity index (χ2n) is 9.23. The molecule has 0 aliphatic heterocycles. The van der Waals surface area contributed by atoms with Crippen molar-refractivity contribution >= 4 is 65.7 Å². The number of rotatable bonds is 1. The molecule has 8 aromatic rings. The molecule has 5 aromatic carbocycles. The highest BCUT2D eigenvalue weighted by Crippen LogP contribution is 2.35. The highest BCUT2D eigenvalue weighted by molar-refractivity contribution is 6.10. The fourth-order valence-electron chi connectivity index (χ4n) is 5.51. The second kappa shape index (κ2) is 7.18. The second-order valence-corrected chi connectivity index (χ2v) is 9.23. The molecule has 0 radical (unpaired) electrons. The van der Waals surface area contributed by atoms with E-state index < -0.39 is 0 Å². The molecule has 0 bridgehead atoms. The number of hydrogen-bond donors (Lipinski definition) is 0. The van der Waals surface area contributed by atoms with Gasteiger partial charge in [0.2, 0.25) is 10.9 Å². The maximum Gasteiger partial charge on any atom is 0.200 e. The summed E-state index contributed by atoms with van der Waals surface area (Å²) < 4.78 is 14.6. The predicted octanol–water partition coefficient (Wildman–Crippen LogP) is 7.30. The van der Waals surface area contributed by atoms with Crippen LogP contribution in [0.2, 0.25) is 0 Å². The number of hydrogen-bond acceptors (Lipinski definition) is 4. The molecule has 3 heterocycles. The lowest BCUT2D eigenvalue weighted by Crippen LogP contribution is -2.07. The Kier molecular flexibility index (Phi) is 3.90. The van der Waals surface area contributed by atoms with Crippen LogP contribution in [0.3, 0.4) is 0 Å². The van der Waals surface area contributed by atoms with Gasteiger partial charge in [0.15, 0.2) is 5.58 Å². The highest BCUT2D eigenvalue weighted by Gasteiger charge is 2.18. The van der Waals surface area contributed by atoms with Gasteiger partial charge < -0.3 is 13.4 Å². The van der Waals surface area contributed by atoms with E-state index in [-0.39, 0.29) is 10.9 Å². The molecule has 0 saturated heterocycles. The molecule has 8 rings (SSSR count). The summed E-state index contributed by atoms with van der Waals surface area (Å²) in [7, 11) is 0. The maximum atomic E-state index is 13.7. The van der Waals surface area contributed by atoms with Gasteiger partial charge in [-0.3, -0.25) is 9.59 Å². The van der Waals surface area contributed by atoms with Crippen LogP contribution in [0, 0.1) is 0 Å². The summed E-state index contributed by atoms with van der Waals surface area (Å²) in [5.41, 5.74) is 4.14. The van der Waals surface area contributed by atoms with Gasteiger partial charge in [0.1, 0.15) is 16.7 Å². The molecule has 3 aromatic heterocycles. The number of fused-ring (bicyclic) bond motifs is 7. The summed E-state index contributed by atoms with van der Waals surface area (Å²) in [4.78, 5) is 27.0. The van der Waals surface area contributed by atoms with E-state index in [0.29, 0.717) is 43.9 Å². The molecule has 37 heavy (non-hydrogen) atoms. The van der Waals surface area contributed by atoms with Gasteiger partial charge in [-0.15, -0.1) is 0 Å². The third-order valence-corrected chi connectivity index (χ3v) is 7.19. The Morgan fingerprint density at radius 1 is 0.459 bits per heavy atom. The summed E-state index contributed by atoms with van der Waals surface area (Å²) in [5.74, 6) is 0. The molecule has 5 heteroatoms. The van der Waals surface area contributed by atoms with E-state index in [0.717, 1.165) is 27.5 Å². The molecule has 0 spiro atoms. The van der Waals surface area contributed by atoms with Crippen LogP contribution >= 0.6 is 0 Å². The van der Waals surface area contributed by atoms with Crippen LogP contribution in [0.25, 0.3) is 71.4 Å². The van der Waals surface area contributed by atoms with E-state index in [1.807, 2.05) is 42.5 Å². The van der Waals surface area contributed by atoms with Gasteiger partial charge >= 0.3 is 0 Å². The van der Waals surface area contributed by atoms with Crippen LogP contribution in [0.4, 0.5) is 0 Å². The summed E-state index contributed by atoms with van der Waals surface area (Å²) in [6.07, 6.45) is 0. The van der Waals surface area contributed by atoms with Crippen molar-refractivity contribution in [3.05, 3.63) is 124 Å². The Hall–Kier alpha value is -5.16. The van der Waals surface area contributed by atoms with E-state index >= 15 is 0 Å². The Morgan fingerprint density at radius 3 is 1.70 bits per heavy atom. The third-order valence-electron chi connectivity index (χ3n) is 7.19. The fourth-order valence-corrected chi connectivity index (χ4v) is 5.51. The first kappa shape index (κ1) is 20.1. The lowest BCUT2D eigenvalue weighted by atomic mass is 10.1. The molecule has 0 aliphatic carbocycles. The summed E-state index contributed by atoms with van der Waals surface area (Å²) in [5, 5.41) is 3.95. The first-order chi connectivity index (χ1) is 18.2. The number of nitrogens with zero attached hydrogens (tertiary/aromatic N) is 1. The summed E-state index contributed by atoms with van der Waals surface area (Å²) in [6.45, 7) is 0. The SMILES string of the molecule is O=c1c2ccccc2oc2cc3c(=O)c4cccc(-n5c6ccccc6c6ccccc65)c4oc3cc12. The molecular formula is C32H17NO4. The zero-order valence-corrected chi connectivity index (χ0v) is 19.4. The third kappa shape index (κ3) is 2.68. The average molecular weight is 479 g/mol. The normalized spacial score (nSPS) is 12.0.